The molecule has 0 atom stereocenters. The van der Waals surface area contributed by atoms with Crippen molar-refractivity contribution in [3.8, 4) is 0 Å². The van der Waals surface area contributed by atoms with E-state index in [0.29, 0.717) is 16.9 Å². The number of carboxylic acids is 1. The second kappa shape index (κ2) is 2.32. The maximum Gasteiger partial charge on any atom is 0.306 e. The van der Waals surface area contributed by atoms with Gasteiger partial charge in [0.25, 0.3) is 0 Å². The molecule has 3 nitrogen and oxygen atoms in total. The lowest BCUT2D eigenvalue weighted by atomic mass is 9.37. The summed E-state index contributed by atoms with van der Waals surface area (Å²) in [5.74, 6) is -0.636. The van der Waals surface area contributed by atoms with Gasteiger partial charge in [-0.05, 0) is 49.4 Å². The van der Waals surface area contributed by atoms with E-state index in [1.807, 2.05) is 0 Å². The minimum atomic E-state index is -0.595. The van der Waals surface area contributed by atoms with Gasteiger partial charge in [0.05, 0.1) is 5.92 Å². The molecule has 0 amide bonds. The van der Waals surface area contributed by atoms with Crippen LogP contribution in [0.2, 0.25) is 0 Å². The fourth-order valence-corrected chi connectivity index (χ4v) is 4.33. The Bertz CT molecular complexity index is 278. The van der Waals surface area contributed by atoms with Gasteiger partial charge in [0.15, 0.2) is 0 Å². The lowest BCUT2D eigenvalue weighted by Crippen LogP contribution is -2.62. The molecule has 0 aromatic carbocycles. The van der Waals surface area contributed by atoms with Crippen molar-refractivity contribution in [2.45, 2.75) is 44.6 Å². The summed E-state index contributed by atoms with van der Waals surface area (Å²) in [6.07, 6.45) is 6.76. The average Bonchev–Trinajstić information content (AvgIpc) is 1.87. The molecule has 3 N–H and O–H groups in total. The molecule has 0 aliphatic heterocycles. The molecule has 0 aromatic heterocycles. The maximum atomic E-state index is 10.7. The largest absolute Gasteiger partial charge is 0.481 e. The Morgan fingerprint density at radius 3 is 2.07 bits per heavy atom. The van der Waals surface area contributed by atoms with Crippen LogP contribution < -0.4 is 5.73 Å². The second-order valence-electron chi connectivity index (χ2n) is 5.97. The highest BCUT2D eigenvalue weighted by Crippen LogP contribution is 2.71. The fraction of sp³-hybridized carbons (Fsp3) is 0.909. The minimum absolute atomic E-state index is 0.0406. The Morgan fingerprint density at radius 1 is 1.14 bits per heavy atom. The second-order valence-corrected chi connectivity index (χ2v) is 5.97. The molecular weight excluding hydrogens is 178 g/mol. The first kappa shape index (κ1) is 8.72. The minimum Gasteiger partial charge on any atom is -0.481 e. The Labute approximate surface area is 83.7 Å². The van der Waals surface area contributed by atoms with E-state index in [1.165, 1.54) is 25.7 Å². The predicted molar refractivity (Wildman–Crippen MR) is 51.7 cm³/mol. The standard InChI is InChI=1S/C11H17NO2/c12-8-3-11(4-8)5-10(6-11)1-7(2-10)9(13)14/h7-8H,1-6,12H2,(H,13,14). The van der Waals surface area contributed by atoms with Crippen LogP contribution in [0.5, 0.6) is 0 Å². The molecule has 3 heteroatoms. The van der Waals surface area contributed by atoms with Gasteiger partial charge >= 0.3 is 5.97 Å². The molecule has 14 heavy (non-hydrogen) atoms. The molecule has 2 spiro atoms. The molecule has 3 aliphatic carbocycles. The van der Waals surface area contributed by atoms with Crippen LogP contribution in [0.1, 0.15) is 38.5 Å². The van der Waals surface area contributed by atoms with E-state index in [4.69, 9.17) is 10.8 Å². The fourth-order valence-electron chi connectivity index (χ4n) is 4.33. The van der Waals surface area contributed by atoms with Crippen LogP contribution in [0.25, 0.3) is 0 Å². The van der Waals surface area contributed by atoms with Crippen LogP contribution in [0.4, 0.5) is 0 Å². The quantitative estimate of drug-likeness (QED) is 0.664. The molecule has 0 radical (unpaired) electrons. The van der Waals surface area contributed by atoms with Crippen LogP contribution in [-0.4, -0.2) is 17.1 Å². The highest BCUT2D eigenvalue weighted by Gasteiger charge is 2.64. The third-order valence-electron chi connectivity index (χ3n) is 4.60. The SMILES string of the molecule is NC1CC2(C1)CC1(CC(C(=O)O)C1)C2. The molecule has 0 aromatic rings. The van der Waals surface area contributed by atoms with Crippen LogP contribution in [0.15, 0.2) is 0 Å². The predicted octanol–water partition coefficient (Wildman–Crippen LogP) is 1.37. The number of rotatable bonds is 1. The van der Waals surface area contributed by atoms with E-state index in [0.717, 1.165) is 12.8 Å². The van der Waals surface area contributed by atoms with Crippen LogP contribution >= 0.6 is 0 Å². The summed E-state index contributed by atoms with van der Waals surface area (Å²) in [5.41, 5.74) is 6.79. The van der Waals surface area contributed by atoms with Gasteiger partial charge in [-0.2, -0.15) is 0 Å². The van der Waals surface area contributed by atoms with Gasteiger partial charge in [0, 0.05) is 6.04 Å². The lowest BCUT2D eigenvalue weighted by Gasteiger charge is -2.67. The number of nitrogens with two attached hydrogens (primary N) is 1. The summed E-state index contributed by atoms with van der Waals surface area (Å²) in [6.45, 7) is 0. The summed E-state index contributed by atoms with van der Waals surface area (Å²) in [6, 6.07) is 0.433. The van der Waals surface area contributed by atoms with Gasteiger partial charge in [-0.3, -0.25) is 4.79 Å². The lowest BCUT2D eigenvalue weighted by molar-refractivity contribution is -0.185. The molecule has 0 saturated heterocycles. The Balaban J connectivity index is 1.54. The normalized spacial score (nSPS) is 54.9. The third kappa shape index (κ3) is 0.991. The smallest absolute Gasteiger partial charge is 0.306 e. The highest BCUT2D eigenvalue weighted by molar-refractivity contribution is 5.71. The first-order valence-electron chi connectivity index (χ1n) is 5.51. The van der Waals surface area contributed by atoms with Crippen molar-refractivity contribution in [1.29, 1.82) is 0 Å². The number of carboxylic acid groups (broad SMARTS) is 1. The molecule has 0 unspecified atom stereocenters. The molecular formula is C11H17NO2. The van der Waals surface area contributed by atoms with E-state index in [-0.39, 0.29) is 5.92 Å². The van der Waals surface area contributed by atoms with Crippen molar-refractivity contribution in [3.63, 3.8) is 0 Å². The topological polar surface area (TPSA) is 63.3 Å². The zero-order valence-corrected chi connectivity index (χ0v) is 8.33. The maximum absolute atomic E-state index is 10.7. The van der Waals surface area contributed by atoms with Gasteiger partial charge < -0.3 is 10.8 Å². The van der Waals surface area contributed by atoms with E-state index < -0.39 is 5.97 Å². The van der Waals surface area contributed by atoms with Crippen LogP contribution in [0, 0.1) is 16.7 Å². The van der Waals surface area contributed by atoms with E-state index in [2.05, 4.69) is 0 Å². The summed E-state index contributed by atoms with van der Waals surface area (Å²) < 4.78 is 0. The van der Waals surface area contributed by atoms with Crippen molar-refractivity contribution in [2.24, 2.45) is 22.5 Å². The Kier molecular flexibility index (Phi) is 1.45. The number of hydrogen-bond acceptors (Lipinski definition) is 2. The molecule has 78 valence electrons. The zero-order chi connectivity index (χ0) is 9.97. The van der Waals surface area contributed by atoms with Gasteiger partial charge in [0.2, 0.25) is 0 Å². The van der Waals surface area contributed by atoms with Gasteiger partial charge in [-0.25, -0.2) is 0 Å². The number of carbonyl (C=O) groups is 1. The number of aliphatic carboxylic acids is 1. The summed E-state index contributed by atoms with van der Waals surface area (Å²) in [7, 11) is 0. The molecule has 3 rings (SSSR count). The van der Waals surface area contributed by atoms with Crippen LogP contribution in [0.3, 0.4) is 0 Å². The van der Waals surface area contributed by atoms with Gasteiger partial charge in [-0.1, -0.05) is 0 Å². The molecule has 3 saturated carbocycles. The highest BCUT2D eigenvalue weighted by atomic mass is 16.4. The van der Waals surface area contributed by atoms with Crippen molar-refractivity contribution < 1.29 is 9.90 Å². The van der Waals surface area contributed by atoms with Crippen molar-refractivity contribution in [2.75, 3.05) is 0 Å². The number of hydrogen-bond donors (Lipinski definition) is 2. The van der Waals surface area contributed by atoms with Gasteiger partial charge in [-0.15, -0.1) is 0 Å². The average molecular weight is 195 g/mol. The monoisotopic (exact) mass is 195 g/mol. The summed E-state index contributed by atoms with van der Waals surface area (Å²) >= 11 is 0. The Morgan fingerprint density at radius 2 is 1.64 bits per heavy atom. The molecule has 3 fully saturated rings. The van der Waals surface area contributed by atoms with E-state index in [1.54, 1.807) is 0 Å². The Hall–Kier alpha value is -0.570. The zero-order valence-electron chi connectivity index (χ0n) is 8.33. The van der Waals surface area contributed by atoms with E-state index >= 15 is 0 Å². The summed E-state index contributed by atoms with van der Waals surface area (Å²) in [5, 5.41) is 8.81. The first-order chi connectivity index (χ1) is 6.53. The van der Waals surface area contributed by atoms with Crippen molar-refractivity contribution >= 4 is 5.97 Å². The van der Waals surface area contributed by atoms with Crippen LogP contribution in [-0.2, 0) is 4.79 Å². The third-order valence-corrected chi connectivity index (χ3v) is 4.60. The van der Waals surface area contributed by atoms with Crippen molar-refractivity contribution in [3.05, 3.63) is 0 Å². The molecule has 3 aliphatic rings. The van der Waals surface area contributed by atoms with Gasteiger partial charge in [0.1, 0.15) is 0 Å². The summed E-state index contributed by atoms with van der Waals surface area (Å²) in [4.78, 5) is 10.7. The molecule has 0 heterocycles. The van der Waals surface area contributed by atoms with Crippen molar-refractivity contribution in [1.82, 2.24) is 0 Å². The first-order valence-corrected chi connectivity index (χ1v) is 5.51. The molecule has 0 bridgehead atoms. The van der Waals surface area contributed by atoms with E-state index in [9.17, 15) is 4.79 Å².